The van der Waals surface area contributed by atoms with Gasteiger partial charge in [0.1, 0.15) is 0 Å². The zero-order chi connectivity index (χ0) is 11.3. The fourth-order valence-electron chi connectivity index (χ4n) is 0.373. The fourth-order valence-corrected chi connectivity index (χ4v) is 0.373. The Morgan fingerprint density at radius 2 is 1.21 bits per heavy atom. The zero-order valence-electron chi connectivity index (χ0n) is 7.47. The van der Waals surface area contributed by atoms with E-state index in [9.17, 15) is 19.2 Å². The largest absolute Gasteiger partial charge is 0.789 e. The van der Waals surface area contributed by atoms with Crippen LogP contribution in [0.15, 0.2) is 0 Å². The monoisotopic (exact) mass is 202 g/mol. The van der Waals surface area contributed by atoms with Gasteiger partial charge in [-0.15, -0.1) is 0 Å². The van der Waals surface area contributed by atoms with Crippen LogP contribution in [0.5, 0.6) is 0 Å². The van der Waals surface area contributed by atoms with Gasteiger partial charge in [-0.25, -0.2) is 9.59 Å². The van der Waals surface area contributed by atoms with Crippen LogP contribution in [0.25, 0.3) is 0 Å². The van der Waals surface area contributed by atoms with Gasteiger partial charge in [-0.3, -0.25) is 9.59 Å². The number of ketones is 2. The molecule has 0 aliphatic heterocycles. The Morgan fingerprint density at radius 1 is 0.929 bits per heavy atom. The molecular weight excluding hydrogens is 195 g/mol. The van der Waals surface area contributed by atoms with Crippen LogP contribution >= 0.6 is 0 Å². The van der Waals surface area contributed by atoms with Gasteiger partial charge in [-0.05, 0) is 0 Å². The van der Waals surface area contributed by atoms with E-state index in [0.29, 0.717) is 0 Å². The average molecular weight is 202 g/mol. The zero-order valence-corrected chi connectivity index (χ0v) is 7.47. The Balaban J connectivity index is 4.05. The third-order valence-electron chi connectivity index (χ3n) is 0.991. The summed E-state index contributed by atoms with van der Waals surface area (Å²) in [7, 11) is -2.25. The van der Waals surface area contributed by atoms with Crippen LogP contribution in [0.3, 0.4) is 0 Å². The second-order valence-electron chi connectivity index (χ2n) is 2.23. The molecule has 1 N–H and O–H groups in total. The van der Waals surface area contributed by atoms with Crippen LogP contribution in [-0.4, -0.2) is 35.9 Å². The molecule has 0 aromatic heterocycles. The Kier molecular flexibility index (Phi) is 4.50. The minimum absolute atomic E-state index is 0.905. The van der Waals surface area contributed by atoms with E-state index >= 15 is 0 Å². The molecule has 8 heteroatoms. The van der Waals surface area contributed by atoms with Crippen molar-refractivity contribution in [3.63, 3.8) is 0 Å². The highest BCUT2D eigenvalue weighted by atomic mass is 16.7. The van der Waals surface area contributed by atoms with Crippen LogP contribution in [0.1, 0.15) is 13.8 Å². The lowest BCUT2D eigenvalue weighted by Gasteiger charge is -2.04. The van der Waals surface area contributed by atoms with Crippen molar-refractivity contribution in [2.24, 2.45) is 0 Å². The van der Waals surface area contributed by atoms with Gasteiger partial charge in [0.2, 0.25) is 11.6 Å². The van der Waals surface area contributed by atoms with E-state index in [0.717, 1.165) is 13.8 Å². The first-order chi connectivity index (χ1) is 6.34. The van der Waals surface area contributed by atoms with E-state index in [1.54, 1.807) is 0 Å². The highest BCUT2D eigenvalue weighted by Gasteiger charge is 2.29. The quantitative estimate of drug-likeness (QED) is 0.424. The summed E-state index contributed by atoms with van der Waals surface area (Å²) in [6.45, 7) is 1.81. The topological polar surface area (TPSA) is 107 Å². The molecule has 0 bridgehead atoms. The van der Waals surface area contributed by atoms with E-state index in [1.165, 1.54) is 0 Å². The van der Waals surface area contributed by atoms with Gasteiger partial charge in [-0.1, -0.05) is 0 Å². The molecule has 0 spiro atoms. The van der Waals surface area contributed by atoms with E-state index in [4.69, 9.17) is 5.02 Å². The second kappa shape index (κ2) is 5.13. The summed E-state index contributed by atoms with van der Waals surface area (Å²) >= 11 is 0. The van der Waals surface area contributed by atoms with Crippen molar-refractivity contribution in [2.45, 2.75) is 13.8 Å². The molecule has 76 valence electrons. The third-order valence-corrected chi connectivity index (χ3v) is 0.991. The van der Waals surface area contributed by atoms with Crippen LogP contribution in [0.4, 0.5) is 0 Å². The van der Waals surface area contributed by atoms with Crippen LogP contribution in [0, 0.1) is 0 Å². The number of carbonyl (C=O) groups excluding carboxylic acids is 4. The number of hydrogen-bond donors (Lipinski definition) is 1. The number of rotatable bonds is 4. The fraction of sp³-hybridized carbons (Fsp3) is 0.333. The van der Waals surface area contributed by atoms with Crippen molar-refractivity contribution in [1.29, 1.82) is 0 Å². The van der Waals surface area contributed by atoms with Gasteiger partial charge in [0.25, 0.3) is 0 Å². The highest BCUT2D eigenvalue weighted by Crippen LogP contribution is 1.89. The molecule has 0 amide bonds. The summed E-state index contributed by atoms with van der Waals surface area (Å²) in [4.78, 5) is 41.6. The maximum absolute atomic E-state index is 10.5. The standard InChI is InChI=1S/C6H7BO7/c1-3(8)5(10)13-7(12)14-6(11)4(2)9/h12H,1-2H3. The van der Waals surface area contributed by atoms with Crippen molar-refractivity contribution < 1.29 is 33.5 Å². The van der Waals surface area contributed by atoms with Crippen molar-refractivity contribution in [1.82, 2.24) is 0 Å². The summed E-state index contributed by atoms with van der Waals surface area (Å²) < 4.78 is 7.81. The molecule has 0 rings (SSSR count). The van der Waals surface area contributed by atoms with Crippen LogP contribution < -0.4 is 0 Å². The lowest BCUT2D eigenvalue weighted by atomic mass is 10.2. The van der Waals surface area contributed by atoms with Crippen LogP contribution in [-0.2, 0) is 28.5 Å². The van der Waals surface area contributed by atoms with Crippen molar-refractivity contribution in [3.8, 4) is 0 Å². The molecule has 14 heavy (non-hydrogen) atoms. The lowest BCUT2D eigenvalue weighted by Crippen LogP contribution is -2.33. The second-order valence-corrected chi connectivity index (χ2v) is 2.23. The maximum Gasteiger partial charge on any atom is 0.789 e. The van der Waals surface area contributed by atoms with Gasteiger partial charge >= 0.3 is 19.3 Å². The molecule has 0 saturated heterocycles. The average Bonchev–Trinajstić information content (AvgIpc) is 2.03. The SMILES string of the molecule is CC(=O)C(=O)OB(O)OC(=O)C(C)=O. The van der Waals surface area contributed by atoms with Gasteiger partial charge in [0.15, 0.2) is 0 Å². The highest BCUT2D eigenvalue weighted by molar-refractivity contribution is 6.50. The van der Waals surface area contributed by atoms with E-state index in [1.807, 2.05) is 0 Å². The van der Waals surface area contributed by atoms with Crippen molar-refractivity contribution in [2.75, 3.05) is 0 Å². The first kappa shape index (κ1) is 12.3. The Bertz CT molecular complexity index is 256. The molecule has 0 aromatic rings. The summed E-state index contributed by atoms with van der Waals surface area (Å²) in [6, 6.07) is 0. The van der Waals surface area contributed by atoms with E-state index in [2.05, 4.69) is 9.31 Å². The van der Waals surface area contributed by atoms with Gasteiger partial charge in [-0.2, -0.15) is 0 Å². The Morgan fingerprint density at radius 3 is 1.43 bits per heavy atom. The smallest absolute Gasteiger partial charge is 0.468 e. The third kappa shape index (κ3) is 4.36. The Hall–Kier alpha value is -1.70. The van der Waals surface area contributed by atoms with E-state index in [-0.39, 0.29) is 0 Å². The normalized spacial score (nSPS) is 8.79. The molecule has 0 aliphatic carbocycles. The van der Waals surface area contributed by atoms with Crippen LogP contribution in [0.2, 0.25) is 0 Å². The molecule has 0 atom stereocenters. The minimum Gasteiger partial charge on any atom is -0.468 e. The van der Waals surface area contributed by atoms with Crippen molar-refractivity contribution in [3.05, 3.63) is 0 Å². The first-order valence-electron chi connectivity index (χ1n) is 3.45. The molecule has 0 fully saturated rings. The molecule has 0 unspecified atom stereocenters. The molecule has 0 heterocycles. The predicted molar refractivity (Wildman–Crippen MR) is 41.5 cm³/mol. The van der Waals surface area contributed by atoms with Gasteiger partial charge < -0.3 is 14.3 Å². The maximum atomic E-state index is 10.5. The number of Topliss-reactive ketones (excluding diaryl/α,β-unsaturated/α-hetero) is 2. The minimum atomic E-state index is -2.25. The van der Waals surface area contributed by atoms with Crippen molar-refractivity contribution >= 4 is 30.8 Å². The summed E-state index contributed by atoms with van der Waals surface area (Å²) in [6.07, 6.45) is 0. The summed E-state index contributed by atoms with van der Waals surface area (Å²) in [5.41, 5.74) is 0. The van der Waals surface area contributed by atoms with E-state index < -0.39 is 30.8 Å². The summed E-state index contributed by atoms with van der Waals surface area (Å²) in [5, 5.41) is 8.70. The number of hydrogen-bond acceptors (Lipinski definition) is 7. The molecular formula is C6H7BO7. The molecule has 7 nitrogen and oxygen atoms in total. The van der Waals surface area contributed by atoms with Gasteiger partial charge in [0, 0.05) is 13.8 Å². The summed E-state index contributed by atoms with van der Waals surface area (Å²) in [5.74, 6) is -4.67. The molecule has 0 saturated carbocycles. The Labute approximate surface area is 79.2 Å². The number of carbonyl (C=O) groups is 4. The molecule has 0 aromatic carbocycles. The first-order valence-corrected chi connectivity index (χ1v) is 3.45. The molecule has 0 aliphatic rings. The lowest BCUT2D eigenvalue weighted by molar-refractivity contribution is -0.152. The van der Waals surface area contributed by atoms with Gasteiger partial charge in [0.05, 0.1) is 0 Å². The predicted octanol–water partition coefficient (Wildman–Crippen LogP) is -1.77. The molecule has 0 radical (unpaired) electrons.